The molecule has 2 unspecified atom stereocenters. The fourth-order valence-corrected chi connectivity index (χ4v) is 3.34. The summed E-state index contributed by atoms with van der Waals surface area (Å²) < 4.78 is 0. The van der Waals surface area contributed by atoms with Gasteiger partial charge in [0, 0.05) is 25.6 Å². The zero-order chi connectivity index (χ0) is 13.9. The number of nitrogens with zero attached hydrogens (tertiary/aromatic N) is 1. The van der Waals surface area contributed by atoms with Crippen molar-refractivity contribution in [3.8, 4) is 0 Å². The van der Waals surface area contributed by atoms with Crippen LogP contribution in [0.1, 0.15) is 38.5 Å². The Labute approximate surface area is 120 Å². The van der Waals surface area contributed by atoms with E-state index in [0.29, 0.717) is 24.9 Å². The molecule has 0 radical (unpaired) electrons. The molecule has 2 atom stereocenters. The number of nitrogens with one attached hydrogen (secondary N) is 2. The Morgan fingerprint density at radius 3 is 2.65 bits per heavy atom. The SMILES string of the molecule is O=C1CCC(C(=O)N(CC2CCCNC2)C2CC2)CN1. The maximum absolute atomic E-state index is 12.7. The van der Waals surface area contributed by atoms with Crippen LogP contribution in [-0.2, 0) is 9.59 Å². The smallest absolute Gasteiger partial charge is 0.227 e. The lowest BCUT2D eigenvalue weighted by atomic mass is 9.95. The van der Waals surface area contributed by atoms with Crippen molar-refractivity contribution < 1.29 is 9.59 Å². The Hall–Kier alpha value is -1.10. The van der Waals surface area contributed by atoms with Gasteiger partial charge in [-0.2, -0.15) is 0 Å². The summed E-state index contributed by atoms with van der Waals surface area (Å²) in [6, 6.07) is 0.474. The van der Waals surface area contributed by atoms with Crippen LogP contribution in [0.3, 0.4) is 0 Å². The molecule has 1 aliphatic carbocycles. The Morgan fingerprint density at radius 1 is 1.20 bits per heavy atom. The number of carbonyl (C=O) groups excluding carboxylic acids is 2. The summed E-state index contributed by atoms with van der Waals surface area (Å²) in [4.78, 5) is 26.1. The zero-order valence-electron chi connectivity index (χ0n) is 12.1. The summed E-state index contributed by atoms with van der Waals surface area (Å²) in [7, 11) is 0. The lowest BCUT2D eigenvalue weighted by molar-refractivity contribution is -0.138. The van der Waals surface area contributed by atoms with Crippen molar-refractivity contribution in [1.29, 1.82) is 0 Å². The highest BCUT2D eigenvalue weighted by Gasteiger charge is 2.38. The third-order valence-corrected chi connectivity index (χ3v) is 4.74. The quantitative estimate of drug-likeness (QED) is 0.788. The van der Waals surface area contributed by atoms with Crippen LogP contribution >= 0.6 is 0 Å². The van der Waals surface area contributed by atoms with Gasteiger partial charge in [0.2, 0.25) is 11.8 Å². The van der Waals surface area contributed by atoms with E-state index in [0.717, 1.165) is 38.9 Å². The van der Waals surface area contributed by atoms with E-state index >= 15 is 0 Å². The number of rotatable bonds is 4. The van der Waals surface area contributed by atoms with Crippen molar-refractivity contribution in [1.82, 2.24) is 15.5 Å². The molecule has 2 aliphatic heterocycles. The standard InChI is InChI=1S/C15H25N3O2/c19-14-6-3-12(9-17-14)15(20)18(13-4-5-13)10-11-2-1-7-16-8-11/h11-13,16H,1-10H2,(H,17,19). The van der Waals surface area contributed by atoms with Crippen LogP contribution in [0, 0.1) is 11.8 Å². The molecule has 5 nitrogen and oxygen atoms in total. The predicted molar refractivity (Wildman–Crippen MR) is 76.1 cm³/mol. The van der Waals surface area contributed by atoms with Crippen LogP contribution < -0.4 is 10.6 Å². The number of hydrogen-bond donors (Lipinski definition) is 2. The maximum Gasteiger partial charge on any atom is 0.227 e. The summed E-state index contributed by atoms with van der Waals surface area (Å²) in [5.41, 5.74) is 0. The van der Waals surface area contributed by atoms with E-state index < -0.39 is 0 Å². The van der Waals surface area contributed by atoms with E-state index in [1.807, 2.05) is 0 Å². The van der Waals surface area contributed by atoms with Crippen molar-refractivity contribution in [2.45, 2.75) is 44.6 Å². The molecule has 0 spiro atoms. The molecule has 3 rings (SSSR count). The van der Waals surface area contributed by atoms with Gasteiger partial charge in [-0.05, 0) is 51.1 Å². The molecule has 2 amide bonds. The van der Waals surface area contributed by atoms with Gasteiger partial charge in [-0.3, -0.25) is 9.59 Å². The fourth-order valence-electron chi connectivity index (χ4n) is 3.34. The molecule has 3 aliphatic rings. The minimum Gasteiger partial charge on any atom is -0.355 e. The van der Waals surface area contributed by atoms with E-state index in [1.54, 1.807) is 0 Å². The first-order valence-corrected chi connectivity index (χ1v) is 8.02. The Bertz CT molecular complexity index is 365. The molecule has 0 aromatic carbocycles. The number of amides is 2. The molecule has 2 heterocycles. The fraction of sp³-hybridized carbons (Fsp3) is 0.867. The van der Waals surface area contributed by atoms with Crippen LogP contribution in [-0.4, -0.2) is 48.9 Å². The van der Waals surface area contributed by atoms with Gasteiger partial charge in [0.15, 0.2) is 0 Å². The highest BCUT2D eigenvalue weighted by molar-refractivity contribution is 5.84. The molecule has 112 valence electrons. The van der Waals surface area contributed by atoms with Crippen LogP contribution in [0.25, 0.3) is 0 Å². The summed E-state index contributed by atoms with van der Waals surface area (Å²) >= 11 is 0. The predicted octanol–water partition coefficient (Wildman–Crippen LogP) is 0.503. The third kappa shape index (κ3) is 3.32. The number of hydrogen-bond acceptors (Lipinski definition) is 3. The van der Waals surface area contributed by atoms with Crippen molar-refractivity contribution >= 4 is 11.8 Å². The van der Waals surface area contributed by atoms with Crippen molar-refractivity contribution in [3.63, 3.8) is 0 Å². The molecular weight excluding hydrogens is 254 g/mol. The minimum atomic E-state index is 0.00449. The van der Waals surface area contributed by atoms with Crippen LogP contribution in [0.4, 0.5) is 0 Å². The van der Waals surface area contributed by atoms with Crippen LogP contribution in [0.5, 0.6) is 0 Å². The summed E-state index contributed by atoms with van der Waals surface area (Å²) in [6.45, 7) is 3.59. The monoisotopic (exact) mass is 279 g/mol. The summed E-state index contributed by atoms with van der Waals surface area (Å²) in [5.74, 6) is 0.970. The van der Waals surface area contributed by atoms with Gasteiger partial charge in [-0.25, -0.2) is 0 Å². The topological polar surface area (TPSA) is 61.4 Å². The molecule has 20 heavy (non-hydrogen) atoms. The minimum absolute atomic E-state index is 0.00449. The normalized spacial score (nSPS) is 30.7. The van der Waals surface area contributed by atoms with E-state index in [-0.39, 0.29) is 17.7 Å². The first-order chi connectivity index (χ1) is 9.74. The second-order valence-electron chi connectivity index (χ2n) is 6.47. The van der Waals surface area contributed by atoms with E-state index in [9.17, 15) is 9.59 Å². The first kappa shape index (κ1) is 13.9. The molecule has 0 bridgehead atoms. The van der Waals surface area contributed by atoms with Crippen molar-refractivity contribution in [2.24, 2.45) is 11.8 Å². The van der Waals surface area contributed by atoms with Crippen LogP contribution in [0.2, 0.25) is 0 Å². The van der Waals surface area contributed by atoms with Crippen molar-refractivity contribution in [2.75, 3.05) is 26.2 Å². The van der Waals surface area contributed by atoms with E-state index in [1.165, 1.54) is 12.8 Å². The highest BCUT2D eigenvalue weighted by Crippen LogP contribution is 2.31. The van der Waals surface area contributed by atoms with Gasteiger partial charge in [-0.15, -0.1) is 0 Å². The maximum atomic E-state index is 12.7. The Balaban J connectivity index is 1.58. The lowest BCUT2D eigenvalue weighted by Gasteiger charge is -2.33. The number of carbonyl (C=O) groups is 2. The van der Waals surface area contributed by atoms with Gasteiger partial charge in [0.1, 0.15) is 0 Å². The number of piperidine rings is 2. The van der Waals surface area contributed by atoms with Gasteiger partial charge >= 0.3 is 0 Å². The third-order valence-electron chi connectivity index (χ3n) is 4.74. The molecule has 2 N–H and O–H groups in total. The second kappa shape index (κ2) is 6.12. The summed E-state index contributed by atoms with van der Waals surface area (Å²) in [6.07, 6.45) is 5.98. The molecule has 3 fully saturated rings. The molecular formula is C15H25N3O2. The van der Waals surface area contributed by atoms with E-state index in [4.69, 9.17) is 0 Å². The molecule has 1 saturated carbocycles. The van der Waals surface area contributed by atoms with Gasteiger partial charge in [-0.1, -0.05) is 0 Å². The Kier molecular flexibility index (Phi) is 4.24. The Morgan fingerprint density at radius 2 is 2.05 bits per heavy atom. The highest BCUT2D eigenvalue weighted by atomic mass is 16.2. The average molecular weight is 279 g/mol. The van der Waals surface area contributed by atoms with Gasteiger partial charge in [0.05, 0.1) is 5.92 Å². The molecule has 5 heteroatoms. The molecule has 0 aromatic rings. The van der Waals surface area contributed by atoms with Gasteiger partial charge in [0.25, 0.3) is 0 Å². The van der Waals surface area contributed by atoms with E-state index in [2.05, 4.69) is 15.5 Å². The molecule has 0 aromatic heterocycles. The average Bonchev–Trinajstić information content (AvgIpc) is 3.30. The zero-order valence-corrected chi connectivity index (χ0v) is 12.1. The molecule has 2 saturated heterocycles. The first-order valence-electron chi connectivity index (χ1n) is 8.02. The summed E-state index contributed by atoms with van der Waals surface area (Å²) in [5, 5.41) is 6.26. The largest absolute Gasteiger partial charge is 0.355 e. The lowest BCUT2D eigenvalue weighted by Crippen LogP contribution is -2.48. The van der Waals surface area contributed by atoms with Crippen molar-refractivity contribution in [3.05, 3.63) is 0 Å². The second-order valence-corrected chi connectivity index (χ2v) is 6.47. The van der Waals surface area contributed by atoms with Gasteiger partial charge < -0.3 is 15.5 Å². The van der Waals surface area contributed by atoms with Crippen LogP contribution in [0.15, 0.2) is 0 Å².